The lowest BCUT2D eigenvalue weighted by atomic mass is 9.91. The molecule has 1 aliphatic carbocycles. The van der Waals surface area contributed by atoms with Crippen molar-refractivity contribution in [3.63, 3.8) is 0 Å². The van der Waals surface area contributed by atoms with Crippen molar-refractivity contribution in [3.05, 3.63) is 0 Å². The van der Waals surface area contributed by atoms with Gasteiger partial charge >= 0.3 is 0 Å². The Morgan fingerprint density at radius 1 is 1.17 bits per heavy atom. The third kappa shape index (κ3) is 4.58. The largest absolute Gasteiger partial charge is 0.395 e. The number of carbonyl (C=O) groups is 1. The van der Waals surface area contributed by atoms with E-state index in [1.54, 1.807) is 0 Å². The van der Waals surface area contributed by atoms with E-state index in [4.69, 9.17) is 5.11 Å². The first-order valence-electron chi connectivity index (χ1n) is 7.35. The summed E-state index contributed by atoms with van der Waals surface area (Å²) in [5.74, 6) is 0.221. The zero-order chi connectivity index (χ0) is 13.4. The molecule has 0 atom stereocenters. The van der Waals surface area contributed by atoms with E-state index in [9.17, 15) is 4.79 Å². The van der Waals surface area contributed by atoms with Crippen molar-refractivity contribution in [2.75, 3.05) is 32.8 Å². The second-order valence-corrected chi connectivity index (χ2v) is 5.16. The number of carbonyl (C=O) groups excluding carboxylic acids is 1. The smallest absolute Gasteiger partial charge is 0.236 e. The zero-order valence-electron chi connectivity index (χ0n) is 11.9. The van der Waals surface area contributed by atoms with Crippen LogP contribution in [-0.2, 0) is 4.79 Å². The number of aliphatic hydroxyl groups is 1. The van der Waals surface area contributed by atoms with Crippen molar-refractivity contribution < 1.29 is 9.90 Å². The molecule has 4 heteroatoms. The van der Waals surface area contributed by atoms with Gasteiger partial charge < -0.3 is 10.0 Å². The summed E-state index contributed by atoms with van der Waals surface area (Å²) < 4.78 is 0. The average molecular weight is 256 g/mol. The Morgan fingerprint density at radius 3 is 2.17 bits per heavy atom. The first-order chi connectivity index (χ1) is 8.72. The molecular weight excluding hydrogens is 228 g/mol. The van der Waals surface area contributed by atoms with Crippen LogP contribution in [0.25, 0.3) is 0 Å². The van der Waals surface area contributed by atoms with Gasteiger partial charge in [-0.25, -0.2) is 0 Å². The van der Waals surface area contributed by atoms with Crippen molar-refractivity contribution >= 4 is 5.91 Å². The minimum Gasteiger partial charge on any atom is -0.395 e. The van der Waals surface area contributed by atoms with Gasteiger partial charge in [0.2, 0.25) is 5.91 Å². The van der Waals surface area contributed by atoms with Crippen molar-refractivity contribution in [1.29, 1.82) is 0 Å². The van der Waals surface area contributed by atoms with E-state index in [1.165, 1.54) is 19.3 Å². The summed E-state index contributed by atoms with van der Waals surface area (Å²) in [6, 6.07) is 0.520. The Morgan fingerprint density at radius 2 is 1.78 bits per heavy atom. The molecule has 0 heterocycles. The molecule has 1 amide bonds. The van der Waals surface area contributed by atoms with Crippen molar-refractivity contribution in [2.45, 2.75) is 52.0 Å². The second kappa shape index (κ2) is 8.48. The summed E-state index contributed by atoms with van der Waals surface area (Å²) in [5, 5.41) is 9.10. The van der Waals surface area contributed by atoms with Crippen LogP contribution in [0.2, 0.25) is 0 Å². The third-order valence-corrected chi connectivity index (χ3v) is 3.66. The van der Waals surface area contributed by atoms with Crippen LogP contribution in [0, 0.1) is 0 Å². The molecule has 0 aromatic rings. The van der Waals surface area contributed by atoms with Crippen molar-refractivity contribution in [3.8, 4) is 0 Å². The number of nitrogens with zero attached hydrogens (tertiary/aromatic N) is 2. The lowest BCUT2D eigenvalue weighted by molar-refractivity contribution is -0.133. The van der Waals surface area contributed by atoms with Gasteiger partial charge in [0.15, 0.2) is 0 Å². The molecule has 106 valence electrons. The van der Waals surface area contributed by atoms with E-state index in [0.29, 0.717) is 19.1 Å². The monoisotopic (exact) mass is 256 g/mol. The number of rotatable bonds is 9. The first kappa shape index (κ1) is 15.4. The van der Waals surface area contributed by atoms with Crippen LogP contribution in [0.5, 0.6) is 0 Å². The fraction of sp³-hybridized carbons (Fsp3) is 0.929. The van der Waals surface area contributed by atoms with Gasteiger partial charge in [0.05, 0.1) is 13.2 Å². The van der Waals surface area contributed by atoms with E-state index >= 15 is 0 Å². The SMILES string of the molecule is CCCN(CCC)C(=O)CN(CCO)C1CCC1. The Bertz CT molecular complexity index is 236. The van der Waals surface area contributed by atoms with Gasteiger partial charge in [-0.15, -0.1) is 0 Å². The molecule has 0 aromatic heterocycles. The molecule has 18 heavy (non-hydrogen) atoms. The van der Waals surface area contributed by atoms with Gasteiger partial charge in [-0.1, -0.05) is 20.3 Å². The highest BCUT2D eigenvalue weighted by atomic mass is 16.3. The standard InChI is InChI=1S/C14H28N2O2/c1-3-8-15(9-4-2)14(18)12-16(10-11-17)13-6-5-7-13/h13,17H,3-12H2,1-2H3. The maximum Gasteiger partial charge on any atom is 0.236 e. The van der Waals surface area contributed by atoms with Crippen LogP contribution in [0.15, 0.2) is 0 Å². The normalized spacial score (nSPS) is 15.8. The summed E-state index contributed by atoms with van der Waals surface area (Å²) in [5.41, 5.74) is 0. The molecular formula is C14H28N2O2. The molecule has 0 saturated heterocycles. The number of hydrogen-bond acceptors (Lipinski definition) is 3. The summed E-state index contributed by atoms with van der Waals surface area (Å²) in [7, 11) is 0. The number of hydrogen-bond donors (Lipinski definition) is 1. The van der Waals surface area contributed by atoms with Gasteiger partial charge in [0.1, 0.15) is 0 Å². The minimum absolute atomic E-state index is 0.144. The van der Waals surface area contributed by atoms with Crippen LogP contribution in [0.4, 0.5) is 0 Å². The highest BCUT2D eigenvalue weighted by molar-refractivity contribution is 5.78. The summed E-state index contributed by atoms with van der Waals surface area (Å²) >= 11 is 0. The minimum atomic E-state index is 0.144. The van der Waals surface area contributed by atoms with Gasteiger partial charge in [0.25, 0.3) is 0 Å². The Labute approximate surface area is 111 Å². The lowest BCUT2D eigenvalue weighted by Gasteiger charge is -2.37. The number of aliphatic hydroxyl groups excluding tert-OH is 1. The molecule has 0 aromatic carbocycles. The Kier molecular flexibility index (Phi) is 7.28. The molecule has 1 aliphatic rings. The molecule has 0 spiro atoms. The molecule has 0 radical (unpaired) electrons. The van der Waals surface area contributed by atoms with Crippen LogP contribution < -0.4 is 0 Å². The van der Waals surface area contributed by atoms with Gasteiger partial charge in [-0.3, -0.25) is 9.69 Å². The fourth-order valence-electron chi connectivity index (χ4n) is 2.45. The van der Waals surface area contributed by atoms with E-state index in [2.05, 4.69) is 18.7 Å². The zero-order valence-corrected chi connectivity index (χ0v) is 11.9. The van der Waals surface area contributed by atoms with Crippen LogP contribution >= 0.6 is 0 Å². The highest BCUT2D eigenvalue weighted by Gasteiger charge is 2.27. The van der Waals surface area contributed by atoms with Crippen LogP contribution in [0.1, 0.15) is 46.0 Å². The van der Waals surface area contributed by atoms with Gasteiger partial charge in [-0.05, 0) is 25.7 Å². The van der Waals surface area contributed by atoms with Crippen LogP contribution in [0.3, 0.4) is 0 Å². The summed E-state index contributed by atoms with van der Waals surface area (Å²) in [6.45, 7) is 7.16. The first-order valence-corrected chi connectivity index (χ1v) is 7.35. The molecule has 0 unspecified atom stereocenters. The Balaban J connectivity index is 2.46. The lowest BCUT2D eigenvalue weighted by Crippen LogP contribution is -2.48. The predicted molar refractivity (Wildman–Crippen MR) is 73.5 cm³/mol. The van der Waals surface area contributed by atoms with Gasteiger partial charge in [-0.2, -0.15) is 0 Å². The average Bonchev–Trinajstić information content (AvgIpc) is 2.26. The van der Waals surface area contributed by atoms with Crippen LogP contribution in [-0.4, -0.2) is 59.6 Å². The van der Waals surface area contributed by atoms with E-state index in [0.717, 1.165) is 25.9 Å². The molecule has 0 aliphatic heterocycles. The number of amides is 1. The maximum atomic E-state index is 12.3. The molecule has 1 fully saturated rings. The molecule has 0 bridgehead atoms. The fourth-order valence-corrected chi connectivity index (χ4v) is 2.45. The quantitative estimate of drug-likeness (QED) is 0.679. The highest BCUT2D eigenvalue weighted by Crippen LogP contribution is 2.24. The second-order valence-electron chi connectivity index (χ2n) is 5.16. The van der Waals surface area contributed by atoms with E-state index < -0.39 is 0 Å². The topological polar surface area (TPSA) is 43.8 Å². The van der Waals surface area contributed by atoms with E-state index in [1.807, 2.05) is 4.90 Å². The predicted octanol–water partition coefficient (Wildman–Crippen LogP) is 1.48. The maximum absolute atomic E-state index is 12.3. The summed E-state index contributed by atoms with van der Waals surface area (Å²) in [4.78, 5) is 16.4. The van der Waals surface area contributed by atoms with Crippen molar-refractivity contribution in [2.24, 2.45) is 0 Å². The third-order valence-electron chi connectivity index (χ3n) is 3.66. The molecule has 4 nitrogen and oxygen atoms in total. The van der Waals surface area contributed by atoms with Gasteiger partial charge in [0, 0.05) is 25.7 Å². The summed E-state index contributed by atoms with van der Waals surface area (Å²) in [6.07, 6.45) is 5.63. The van der Waals surface area contributed by atoms with Crippen molar-refractivity contribution in [1.82, 2.24) is 9.80 Å². The molecule has 1 saturated carbocycles. The Hall–Kier alpha value is -0.610. The molecule has 1 rings (SSSR count). The molecule has 1 N–H and O–H groups in total. The van der Waals surface area contributed by atoms with E-state index in [-0.39, 0.29) is 12.5 Å².